The third-order valence-electron chi connectivity index (χ3n) is 3.55. The van der Waals surface area contributed by atoms with E-state index in [0.717, 1.165) is 47.3 Å². The molecule has 2 fully saturated rings. The molecule has 0 aliphatic carbocycles. The summed E-state index contributed by atoms with van der Waals surface area (Å²) >= 11 is 5.76. The van der Waals surface area contributed by atoms with Crippen molar-refractivity contribution in [3.63, 3.8) is 0 Å². The van der Waals surface area contributed by atoms with E-state index in [1.54, 1.807) is 0 Å². The van der Waals surface area contributed by atoms with Crippen molar-refractivity contribution in [2.24, 2.45) is 0 Å². The molecular formula is C11H14BrIN2O2. The summed E-state index contributed by atoms with van der Waals surface area (Å²) in [5.74, 6) is 0. The number of ether oxygens (including phenoxy) is 2. The lowest BCUT2D eigenvalue weighted by Crippen LogP contribution is -2.41. The maximum atomic E-state index is 5.94. The molecule has 17 heavy (non-hydrogen) atoms. The van der Waals surface area contributed by atoms with Crippen molar-refractivity contribution in [3.8, 4) is 0 Å². The lowest BCUT2D eigenvalue weighted by molar-refractivity contribution is -0.0962. The fraction of sp³-hybridized carbons (Fsp3) is 0.727. The smallest absolute Gasteiger partial charge is 0.137 e. The fourth-order valence-electron chi connectivity index (χ4n) is 2.63. The first-order chi connectivity index (χ1) is 8.19. The fourth-order valence-corrected chi connectivity index (χ4v) is 3.30. The molecule has 94 valence electrons. The van der Waals surface area contributed by atoms with Crippen LogP contribution in [0.1, 0.15) is 25.3 Å². The second kappa shape index (κ2) is 4.79. The Kier molecular flexibility index (Phi) is 3.49. The van der Waals surface area contributed by atoms with Crippen molar-refractivity contribution in [2.75, 3.05) is 19.8 Å². The summed E-state index contributed by atoms with van der Waals surface area (Å²) in [7, 11) is 0. The zero-order valence-corrected chi connectivity index (χ0v) is 13.1. The van der Waals surface area contributed by atoms with Crippen molar-refractivity contribution >= 4 is 38.5 Å². The highest BCUT2D eigenvalue weighted by molar-refractivity contribution is 14.1. The van der Waals surface area contributed by atoms with Crippen LogP contribution in [0.25, 0.3) is 0 Å². The average Bonchev–Trinajstić information content (AvgIpc) is 2.88. The van der Waals surface area contributed by atoms with Gasteiger partial charge in [0.15, 0.2) is 0 Å². The van der Waals surface area contributed by atoms with Crippen molar-refractivity contribution in [1.29, 1.82) is 0 Å². The molecule has 1 aromatic heterocycles. The minimum atomic E-state index is -0.0488. The number of rotatable bonds is 1. The molecule has 1 spiro atoms. The van der Waals surface area contributed by atoms with E-state index < -0.39 is 0 Å². The van der Waals surface area contributed by atoms with Gasteiger partial charge in [0.2, 0.25) is 0 Å². The summed E-state index contributed by atoms with van der Waals surface area (Å²) in [6.45, 7) is 2.37. The van der Waals surface area contributed by atoms with Crippen molar-refractivity contribution in [1.82, 2.24) is 9.78 Å². The molecule has 4 nitrogen and oxygen atoms in total. The predicted octanol–water partition coefficient (Wildman–Crippen LogP) is 2.76. The monoisotopic (exact) mass is 412 g/mol. The standard InChI is InChI=1S/C11H14BrIN2O2/c12-9-6-15(14-10(9)13)8-1-3-17-11(5-8)2-4-16-7-11/h6,8H,1-5,7H2. The molecular weight excluding hydrogens is 399 g/mol. The molecule has 2 unspecified atom stereocenters. The Bertz CT molecular complexity index is 398. The molecule has 2 aliphatic heterocycles. The van der Waals surface area contributed by atoms with E-state index in [0.29, 0.717) is 6.04 Å². The van der Waals surface area contributed by atoms with Crippen LogP contribution in [-0.4, -0.2) is 35.2 Å². The molecule has 2 saturated heterocycles. The molecule has 6 heteroatoms. The first-order valence-electron chi connectivity index (χ1n) is 5.80. The summed E-state index contributed by atoms with van der Waals surface area (Å²) in [6, 6.07) is 0.435. The van der Waals surface area contributed by atoms with Crippen LogP contribution in [0, 0.1) is 3.70 Å². The van der Waals surface area contributed by atoms with Gasteiger partial charge >= 0.3 is 0 Å². The molecule has 0 N–H and O–H groups in total. The van der Waals surface area contributed by atoms with Crippen LogP contribution in [0.4, 0.5) is 0 Å². The molecule has 1 aromatic rings. The zero-order valence-electron chi connectivity index (χ0n) is 9.36. The van der Waals surface area contributed by atoms with Gasteiger partial charge in [-0.25, -0.2) is 0 Å². The van der Waals surface area contributed by atoms with E-state index in [2.05, 4.69) is 54.5 Å². The van der Waals surface area contributed by atoms with Gasteiger partial charge in [-0.3, -0.25) is 4.68 Å². The van der Waals surface area contributed by atoms with Crippen LogP contribution in [0.15, 0.2) is 10.7 Å². The van der Waals surface area contributed by atoms with Crippen molar-refractivity contribution < 1.29 is 9.47 Å². The number of aromatic nitrogens is 2. The first-order valence-corrected chi connectivity index (χ1v) is 7.68. The molecule has 0 radical (unpaired) electrons. The first kappa shape index (κ1) is 12.4. The van der Waals surface area contributed by atoms with Gasteiger partial charge in [-0.2, -0.15) is 5.10 Å². The Morgan fingerprint density at radius 1 is 1.53 bits per heavy atom. The van der Waals surface area contributed by atoms with Crippen LogP contribution in [0.3, 0.4) is 0 Å². The van der Waals surface area contributed by atoms with E-state index in [-0.39, 0.29) is 5.60 Å². The van der Waals surface area contributed by atoms with Gasteiger partial charge in [0.05, 0.1) is 22.7 Å². The summed E-state index contributed by atoms with van der Waals surface area (Å²) in [6.07, 6.45) is 5.13. The molecule has 2 aliphatic rings. The topological polar surface area (TPSA) is 36.3 Å². The Labute approximate surface area is 122 Å². The molecule has 0 bridgehead atoms. The van der Waals surface area contributed by atoms with Crippen LogP contribution in [0.2, 0.25) is 0 Å². The van der Waals surface area contributed by atoms with Gasteiger partial charge in [-0.15, -0.1) is 0 Å². The van der Waals surface area contributed by atoms with Crippen LogP contribution in [-0.2, 0) is 9.47 Å². The normalized spacial score (nSPS) is 33.4. The van der Waals surface area contributed by atoms with E-state index in [9.17, 15) is 0 Å². The Hall–Kier alpha value is 0.340. The van der Waals surface area contributed by atoms with E-state index in [4.69, 9.17) is 9.47 Å². The molecule has 2 atom stereocenters. The molecule has 3 rings (SSSR count). The minimum Gasteiger partial charge on any atom is -0.378 e. The maximum Gasteiger partial charge on any atom is 0.137 e. The number of hydrogen-bond acceptors (Lipinski definition) is 3. The third-order valence-corrected chi connectivity index (χ3v) is 5.67. The van der Waals surface area contributed by atoms with E-state index in [1.165, 1.54) is 0 Å². The number of hydrogen-bond donors (Lipinski definition) is 0. The highest BCUT2D eigenvalue weighted by Crippen LogP contribution is 2.38. The Balaban J connectivity index is 1.79. The zero-order chi connectivity index (χ0) is 11.9. The molecule has 3 heterocycles. The quantitative estimate of drug-likeness (QED) is 0.665. The van der Waals surface area contributed by atoms with Crippen molar-refractivity contribution in [2.45, 2.75) is 30.9 Å². The highest BCUT2D eigenvalue weighted by atomic mass is 127. The molecule has 0 aromatic carbocycles. The lowest BCUT2D eigenvalue weighted by atomic mass is 9.90. The summed E-state index contributed by atoms with van der Waals surface area (Å²) in [5, 5.41) is 4.55. The number of nitrogens with zero attached hydrogens (tertiary/aromatic N) is 2. The SMILES string of the molecule is Brc1cn(C2CCOC3(CCOC3)C2)nc1I. The number of halogens is 2. The third kappa shape index (κ3) is 2.41. The van der Waals surface area contributed by atoms with E-state index >= 15 is 0 Å². The maximum absolute atomic E-state index is 5.94. The molecule has 0 amide bonds. The Morgan fingerprint density at radius 2 is 2.41 bits per heavy atom. The van der Waals surface area contributed by atoms with E-state index in [1.807, 2.05) is 0 Å². The van der Waals surface area contributed by atoms with Crippen LogP contribution in [0.5, 0.6) is 0 Å². The van der Waals surface area contributed by atoms with Crippen LogP contribution < -0.4 is 0 Å². The largest absolute Gasteiger partial charge is 0.378 e. The summed E-state index contributed by atoms with van der Waals surface area (Å²) < 4.78 is 15.6. The van der Waals surface area contributed by atoms with Gasteiger partial charge in [-0.05, 0) is 44.9 Å². The van der Waals surface area contributed by atoms with Crippen molar-refractivity contribution in [3.05, 3.63) is 14.4 Å². The predicted molar refractivity (Wildman–Crippen MR) is 75.0 cm³/mol. The molecule has 0 saturated carbocycles. The average molecular weight is 413 g/mol. The minimum absolute atomic E-state index is 0.0488. The summed E-state index contributed by atoms with van der Waals surface area (Å²) in [4.78, 5) is 0. The van der Waals surface area contributed by atoms with Gasteiger partial charge in [0.25, 0.3) is 0 Å². The van der Waals surface area contributed by atoms with Crippen LogP contribution >= 0.6 is 38.5 Å². The van der Waals surface area contributed by atoms with Gasteiger partial charge in [-0.1, -0.05) is 0 Å². The van der Waals surface area contributed by atoms with Gasteiger partial charge < -0.3 is 9.47 Å². The second-order valence-corrected chi connectivity index (χ2v) is 6.60. The van der Waals surface area contributed by atoms with Gasteiger partial charge in [0, 0.05) is 32.3 Å². The Morgan fingerprint density at radius 3 is 3.06 bits per heavy atom. The lowest BCUT2D eigenvalue weighted by Gasteiger charge is -2.37. The second-order valence-electron chi connectivity index (χ2n) is 4.73. The summed E-state index contributed by atoms with van der Waals surface area (Å²) in [5.41, 5.74) is -0.0488. The van der Waals surface area contributed by atoms with Gasteiger partial charge in [0.1, 0.15) is 3.70 Å². The highest BCUT2D eigenvalue weighted by Gasteiger charge is 2.41.